The number of hydrogen-bond donors (Lipinski definition) is 0. The van der Waals surface area contributed by atoms with Crippen molar-refractivity contribution < 1.29 is 21.1 Å². The molecule has 2 aromatic carbocycles. The van der Waals surface area contributed by atoms with E-state index in [0.29, 0.717) is 17.4 Å². The quantitative estimate of drug-likeness (QED) is 0.574. The van der Waals surface area contributed by atoms with Crippen LogP contribution >= 0.6 is 25.2 Å². The van der Waals surface area contributed by atoms with Crippen LogP contribution in [0.1, 0.15) is 5.56 Å². The van der Waals surface area contributed by atoms with Crippen molar-refractivity contribution in [3.8, 4) is 5.75 Å². The Kier molecular flexibility index (Phi) is 7.51. The summed E-state index contributed by atoms with van der Waals surface area (Å²) in [5.74, 6) is 0.711. The predicted octanol–water partition coefficient (Wildman–Crippen LogP) is 4.56. The van der Waals surface area contributed by atoms with Crippen molar-refractivity contribution in [1.29, 1.82) is 0 Å². The van der Waals surface area contributed by atoms with Gasteiger partial charge in [-0.3, -0.25) is 0 Å². The summed E-state index contributed by atoms with van der Waals surface area (Å²) in [4.78, 5) is 0. The van der Waals surface area contributed by atoms with Crippen LogP contribution in [0.4, 0.5) is 0 Å². The van der Waals surface area contributed by atoms with Gasteiger partial charge in [0.15, 0.2) is 0 Å². The average Bonchev–Trinajstić information content (AvgIpc) is 2.41. The molecule has 0 N–H and O–H groups in total. The van der Waals surface area contributed by atoms with E-state index in [1.165, 1.54) is 16.3 Å². The summed E-state index contributed by atoms with van der Waals surface area (Å²) in [6.45, 7) is 0.515. The Labute approximate surface area is 123 Å². The maximum absolute atomic E-state index is 5.96. The van der Waals surface area contributed by atoms with Gasteiger partial charge in [0.25, 0.3) is 0 Å². The second-order valence-corrected chi connectivity index (χ2v) is 3.54. The van der Waals surface area contributed by atoms with Crippen LogP contribution in [0.15, 0.2) is 48.5 Å². The second kappa shape index (κ2) is 8.68. The van der Waals surface area contributed by atoms with Crippen LogP contribution in [0, 0.1) is 6.07 Å². The van der Waals surface area contributed by atoms with Crippen LogP contribution in [0.2, 0.25) is 5.02 Å². The first-order valence-corrected chi connectivity index (χ1v) is 12.3. The van der Waals surface area contributed by atoms with Gasteiger partial charge in [-0.15, -0.1) is 5.56 Å². The normalized spacial score (nSPS) is 9.18. The minimum absolute atomic E-state index is 0.515. The zero-order valence-corrected chi connectivity index (χ0v) is 14.5. The van der Waals surface area contributed by atoms with Crippen LogP contribution in [0.3, 0.4) is 0 Å². The number of hydrogen-bond acceptors (Lipinski definition) is 1. The average molecular weight is 363 g/mol. The molecule has 0 aliphatic rings. The SMILES string of the molecule is Clc1ccccc1OCc1c[c-]ccc1.[Zn+][Br]. The van der Waals surface area contributed by atoms with Crippen molar-refractivity contribution >= 4 is 25.2 Å². The Balaban J connectivity index is 0.000000686. The van der Waals surface area contributed by atoms with E-state index in [1.807, 2.05) is 48.5 Å². The van der Waals surface area contributed by atoms with E-state index in [0.717, 1.165) is 5.56 Å². The summed E-state index contributed by atoms with van der Waals surface area (Å²) in [5.41, 5.74) is 1.08. The Morgan fingerprint density at radius 3 is 2.59 bits per heavy atom. The Morgan fingerprint density at radius 2 is 1.94 bits per heavy atom. The number of rotatable bonds is 3. The van der Waals surface area contributed by atoms with Gasteiger partial charge in [-0.2, -0.15) is 30.3 Å². The zero-order valence-electron chi connectivity index (χ0n) is 9.20. The van der Waals surface area contributed by atoms with Gasteiger partial charge in [0.1, 0.15) is 5.75 Å². The first-order valence-electron chi connectivity index (χ1n) is 4.95. The van der Waals surface area contributed by atoms with Gasteiger partial charge in [0, 0.05) is 0 Å². The third-order valence-electron chi connectivity index (χ3n) is 2.00. The molecule has 0 saturated carbocycles. The molecule has 0 amide bonds. The van der Waals surface area contributed by atoms with Crippen LogP contribution in [-0.2, 0) is 22.9 Å². The molecule has 2 rings (SSSR count). The van der Waals surface area contributed by atoms with Crippen molar-refractivity contribution in [2.45, 2.75) is 6.61 Å². The molecular weight excluding hydrogens is 353 g/mol. The summed E-state index contributed by atoms with van der Waals surface area (Å²) >= 11 is 10.2. The molecule has 0 saturated heterocycles. The van der Waals surface area contributed by atoms with Gasteiger partial charge in [-0.25, -0.2) is 0 Å². The number of ether oxygens (including phenoxy) is 1. The van der Waals surface area contributed by atoms with E-state index in [2.05, 4.69) is 19.7 Å². The summed E-state index contributed by atoms with van der Waals surface area (Å²) in [6.07, 6.45) is 0. The maximum atomic E-state index is 5.96. The fourth-order valence-electron chi connectivity index (χ4n) is 1.24. The van der Waals surface area contributed by atoms with E-state index in [4.69, 9.17) is 16.3 Å². The molecule has 0 unspecified atom stereocenters. The third kappa shape index (κ3) is 5.20. The minimum atomic E-state index is 0.515. The van der Waals surface area contributed by atoms with E-state index < -0.39 is 0 Å². The monoisotopic (exact) mass is 360 g/mol. The molecule has 17 heavy (non-hydrogen) atoms. The topological polar surface area (TPSA) is 9.23 Å². The van der Waals surface area contributed by atoms with E-state index in [1.54, 1.807) is 0 Å². The molecule has 0 aromatic heterocycles. The van der Waals surface area contributed by atoms with Gasteiger partial charge in [-0.1, -0.05) is 23.7 Å². The predicted molar refractivity (Wildman–Crippen MR) is 70.0 cm³/mol. The van der Waals surface area contributed by atoms with Gasteiger partial charge in [-0.05, 0) is 12.1 Å². The molecule has 0 aliphatic carbocycles. The first kappa shape index (κ1) is 14.7. The van der Waals surface area contributed by atoms with Crippen LogP contribution in [0.25, 0.3) is 0 Å². The molecule has 0 fully saturated rings. The van der Waals surface area contributed by atoms with Crippen LogP contribution in [-0.4, -0.2) is 0 Å². The molecule has 0 aliphatic heterocycles. The van der Waals surface area contributed by atoms with Crippen molar-refractivity contribution in [3.63, 3.8) is 0 Å². The molecule has 2 aromatic rings. The van der Waals surface area contributed by atoms with Crippen LogP contribution in [0.5, 0.6) is 5.75 Å². The van der Waals surface area contributed by atoms with E-state index in [-0.39, 0.29) is 0 Å². The van der Waals surface area contributed by atoms with Crippen molar-refractivity contribution in [2.24, 2.45) is 0 Å². The van der Waals surface area contributed by atoms with Crippen molar-refractivity contribution in [2.75, 3.05) is 0 Å². The zero-order chi connectivity index (χ0) is 12.5. The van der Waals surface area contributed by atoms with Gasteiger partial charge in [0.05, 0.1) is 11.6 Å². The molecule has 0 heterocycles. The first-order chi connectivity index (χ1) is 8.36. The molecule has 1 nitrogen and oxygen atoms in total. The molecule has 4 heteroatoms. The molecule has 84 valence electrons. The molecule has 0 bridgehead atoms. The summed E-state index contributed by atoms with van der Waals surface area (Å²) in [7, 11) is 0. The second-order valence-electron chi connectivity index (χ2n) is 3.13. The van der Waals surface area contributed by atoms with Crippen molar-refractivity contribution in [3.05, 3.63) is 65.2 Å². The van der Waals surface area contributed by atoms with Crippen molar-refractivity contribution in [1.82, 2.24) is 0 Å². The fraction of sp³-hybridized carbons (Fsp3) is 0.0769. The van der Waals surface area contributed by atoms with E-state index in [9.17, 15) is 0 Å². The molecule has 0 spiro atoms. The standard InChI is InChI=1S/C13H10ClO.BrH.Zn/c14-12-8-4-5-9-13(12)15-10-11-6-2-1-3-7-11;;/h1-2,4-9H,10H2;1H;/q-1;;+2/p-1. The molecule has 0 atom stereocenters. The molecule has 0 radical (unpaired) electrons. The Bertz CT molecular complexity index is 436. The number of halogens is 2. The van der Waals surface area contributed by atoms with E-state index >= 15 is 0 Å². The number of para-hydroxylation sites is 1. The van der Waals surface area contributed by atoms with Gasteiger partial charge in [0.2, 0.25) is 0 Å². The summed E-state index contributed by atoms with van der Waals surface area (Å²) in [5, 5.41) is 0.636. The number of benzene rings is 2. The fourth-order valence-corrected chi connectivity index (χ4v) is 1.43. The summed E-state index contributed by atoms with van der Waals surface area (Å²) < 4.78 is 5.57. The third-order valence-corrected chi connectivity index (χ3v) is 2.31. The van der Waals surface area contributed by atoms with Gasteiger partial charge >= 0.3 is 30.0 Å². The van der Waals surface area contributed by atoms with Crippen LogP contribution < -0.4 is 4.74 Å². The molecular formula is C13H10BrClOZn. The summed E-state index contributed by atoms with van der Waals surface area (Å²) in [6, 6.07) is 18.1. The van der Waals surface area contributed by atoms with Gasteiger partial charge < -0.3 is 4.74 Å². The Morgan fingerprint density at radius 1 is 1.18 bits per heavy atom. The Hall–Kier alpha value is -0.367.